The molecule has 1 amide bonds. The van der Waals surface area contributed by atoms with Gasteiger partial charge in [0, 0.05) is 29.6 Å². The molecule has 1 saturated heterocycles. The van der Waals surface area contributed by atoms with Crippen molar-refractivity contribution in [2.75, 3.05) is 18.0 Å². The van der Waals surface area contributed by atoms with Crippen molar-refractivity contribution in [3.05, 3.63) is 89.6 Å². The molecular formula is C28H27N3O4. The average molecular weight is 470 g/mol. The number of benzene rings is 2. The summed E-state index contributed by atoms with van der Waals surface area (Å²) >= 11 is 0. The molecule has 0 spiro atoms. The second-order valence-corrected chi connectivity index (χ2v) is 8.79. The van der Waals surface area contributed by atoms with Gasteiger partial charge in [-0.2, -0.15) is 0 Å². The van der Waals surface area contributed by atoms with Gasteiger partial charge in [-0.05, 0) is 74.7 Å². The number of nitrogens with zero attached hydrogens (tertiary/aromatic N) is 2. The van der Waals surface area contributed by atoms with Crippen LogP contribution in [0.5, 0.6) is 11.6 Å². The van der Waals surface area contributed by atoms with Gasteiger partial charge < -0.3 is 20.1 Å². The number of para-hydroxylation sites is 1. The monoisotopic (exact) mass is 469 g/mol. The lowest BCUT2D eigenvalue weighted by molar-refractivity contribution is -0.113. The van der Waals surface area contributed by atoms with Gasteiger partial charge in [-0.1, -0.05) is 35.9 Å². The van der Waals surface area contributed by atoms with Crippen LogP contribution in [0.1, 0.15) is 41.6 Å². The number of carboxylic acids is 1. The first-order valence-corrected chi connectivity index (χ1v) is 11.9. The lowest BCUT2D eigenvalue weighted by Crippen LogP contribution is -2.35. The minimum absolute atomic E-state index is 0.0247. The van der Waals surface area contributed by atoms with Crippen molar-refractivity contribution in [2.24, 2.45) is 0 Å². The summed E-state index contributed by atoms with van der Waals surface area (Å²) in [5, 5.41) is 12.5. The SMILES string of the molecule is O=C(O)c1ccc(Oc2cccc(C(C(=O)N(c3ccccc3)C3CC3)=C3CCNCC3)c2)nc1. The van der Waals surface area contributed by atoms with E-state index in [1.165, 1.54) is 18.3 Å². The van der Waals surface area contributed by atoms with E-state index in [0.29, 0.717) is 11.6 Å². The number of carbonyl (C=O) groups is 2. The number of ether oxygens (including phenoxy) is 1. The zero-order valence-electron chi connectivity index (χ0n) is 19.3. The molecule has 3 aromatic rings. The quantitative estimate of drug-likeness (QED) is 0.478. The number of carbonyl (C=O) groups excluding carboxylic acids is 1. The van der Waals surface area contributed by atoms with E-state index in [2.05, 4.69) is 10.3 Å². The molecule has 7 heteroatoms. The second kappa shape index (κ2) is 10.1. The van der Waals surface area contributed by atoms with Crippen LogP contribution in [0, 0.1) is 0 Å². The molecule has 0 unspecified atom stereocenters. The highest BCUT2D eigenvalue weighted by molar-refractivity contribution is 6.27. The minimum Gasteiger partial charge on any atom is -0.478 e. The molecular weight excluding hydrogens is 442 g/mol. The summed E-state index contributed by atoms with van der Waals surface area (Å²) in [5.41, 5.74) is 3.71. The minimum atomic E-state index is -1.04. The maximum Gasteiger partial charge on any atom is 0.337 e. The lowest BCUT2D eigenvalue weighted by atomic mass is 9.92. The molecule has 0 bridgehead atoms. The van der Waals surface area contributed by atoms with Gasteiger partial charge in [-0.3, -0.25) is 4.79 Å². The number of aromatic carboxylic acids is 1. The van der Waals surface area contributed by atoms with Gasteiger partial charge in [0.15, 0.2) is 0 Å². The Kier molecular flexibility index (Phi) is 6.59. The Labute approximate surface area is 204 Å². The summed E-state index contributed by atoms with van der Waals surface area (Å²) < 4.78 is 5.91. The van der Waals surface area contributed by atoms with Crippen LogP contribution in [0.25, 0.3) is 5.57 Å². The summed E-state index contributed by atoms with van der Waals surface area (Å²) in [6.45, 7) is 1.69. The van der Waals surface area contributed by atoms with Crippen molar-refractivity contribution in [3.8, 4) is 11.6 Å². The Morgan fingerprint density at radius 3 is 2.37 bits per heavy atom. The van der Waals surface area contributed by atoms with Crippen LogP contribution < -0.4 is 15.0 Å². The van der Waals surface area contributed by atoms with Crippen molar-refractivity contribution in [1.82, 2.24) is 10.3 Å². The lowest BCUT2D eigenvalue weighted by Gasteiger charge is -2.27. The predicted molar refractivity (Wildman–Crippen MR) is 134 cm³/mol. The van der Waals surface area contributed by atoms with E-state index < -0.39 is 5.97 Å². The topological polar surface area (TPSA) is 91.8 Å². The van der Waals surface area contributed by atoms with Crippen LogP contribution in [0.2, 0.25) is 0 Å². The van der Waals surface area contributed by atoms with E-state index in [1.54, 1.807) is 6.07 Å². The van der Waals surface area contributed by atoms with Crippen LogP contribution in [0.4, 0.5) is 5.69 Å². The van der Waals surface area contributed by atoms with E-state index in [0.717, 1.165) is 61.2 Å². The van der Waals surface area contributed by atoms with Gasteiger partial charge in [-0.15, -0.1) is 0 Å². The van der Waals surface area contributed by atoms with Gasteiger partial charge in [0.05, 0.1) is 5.56 Å². The van der Waals surface area contributed by atoms with E-state index in [-0.39, 0.29) is 17.5 Å². The number of amides is 1. The fourth-order valence-corrected chi connectivity index (χ4v) is 4.40. The molecule has 1 aliphatic carbocycles. The second-order valence-electron chi connectivity index (χ2n) is 8.79. The van der Waals surface area contributed by atoms with Gasteiger partial charge in [0.25, 0.3) is 5.91 Å². The number of nitrogens with one attached hydrogen (secondary N) is 1. The Morgan fingerprint density at radius 2 is 1.71 bits per heavy atom. The van der Waals surface area contributed by atoms with E-state index in [4.69, 9.17) is 9.84 Å². The van der Waals surface area contributed by atoms with E-state index in [1.807, 2.05) is 53.4 Å². The molecule has 1 aromatic heterocycles. The Hall–Kier alpha value is -3.97. The Bertz CT molecular complexity index is 1240. The molecule has 1 aliphatic heterocycles. The molecule has 2 aliphatic rings. The molecule has 2 N–H and O–H groups in total. The van der Waals surface area contributed by atoms with Gasteiger partial charge in [-0.25, -0.2) is 9.78 Å². The maximum absolute atomic E-state index is 14.1. The first-order chi connectivity index (χ1) is 17.1. The normalized spacial score (nSPS) is 15.4. The number of aromatic nitrogens is 1. The molecule has 2 aromatic carbocycles. The Balaban J connectivity index is 1.49. The van der Waals surface area contributed by atoms with Crippen LogP contribution in [-0.4, -0.2) is 41.1 Å². The highest BCUT2D eigenvalue weighted by Gasteiger charge is 2.36. The van der Waals surface area contributed by atoms with Crippen LogP contribution >= 0.6 is 0 Å². The van der Waals surface area contributed by atoms with Crippen LogP contribution in [-0.2, 0) is 4.79 Å². The summed E-state index contributed by atoms with van der Waals surface area (Å²) in [7, 11) is 0. The number of carboxylic acid groups (broad SMARTS) is 1. The Morgan fingerprint density at radius 1 is 0.943 bits per heavy atom. The molecule has 178 valence electrons. The van der Waals surface area contributed by atoms with Crippen molar-refractivity contribution < 1.29 is 19.4 Å². The number of pyridine rings is 1. The van der Waals surface area contributed by atoms with Gasteiger partial charge in [0.2, 0.25) is 5.88 Å². The third-order valence-electron chi connectivity index (χ3n) is 6.27. The zero-order valence-corrected chi connectivity index (χ0v) is 19.3. The number of piperidine rings is 1. The fraction of sp³-hybridized carbons (Fsp3) is 0.250. The van der Waals surface area contributed by atoms with Crippen LogP contribution in [0.3, 0.4) is 0 Å². The number of hydrogen-bond acceptors (Lipinski definition) is 5. The summed E-state index contributed by atoms with van der Waals surface area (Å²) in [4.78, 5) is 31.3. The molecule has 5 rings (SSSR count). The van der Waals surface area contributed by atoms with E-state index >= 15 is 0 Å². The predicted octanol–water partition coefficient (Wildman–Crippen LogP) is 4.90. The molecule has 2 heterocycles. The third kappa shape index (κ3) is 5.25. The maximum atomic E-state index is 14.1. The number of anilines is 1. The molecule has 1 saturated carbocycles. The van der Waals surface area contributed by atoms with Crippen molar-refractivity contribution >= 4 is 23.1 Å². The van der Waals surface area contributed by atoms with Crippen molar-refractivity contribution in [3.63, 3.8) is 0 Å². The summed E-state index contributed by atoms with van der Waals surface area (Å²) in [6.07, 6.45) is 4.91. The molecule has 0 atom stereocenters. The zero-order chi connectivity index (χ0) is 24.2. The largest absolute Gasteiger partial charge is 0.478 e. The van der Waals surface area contributed by atoms with E-state index in [9.17, 15) is 9.59 Å². The smallest absolute Gasteiger partial charge is 0.337 e. The standard InChI is InChI=1S/C28H27N3O4/c32-27(31(23-10-11-23)22-6-2-1-3-7-22)26(19-13-15-29-16-14-19)20-5-4-8-24(17-20)35-25-12-9-21(18-30-25)28(33)34/h1-9,12,17-18,23,29H,10-11,13-16H2,(H,33,34). The molecule has 35 heavy (non-hydrogen) atoms. The fourth-order valence-electron chi connectivity index (χ4n) is 4.40. The molecule has 0 radical (unpaired) electrons. The number of rotatable bonds is 7. The average Bonchev–Trinajstić information content (AvgIpc) is 3.71. The van der Waals surface area contributed by atoms with Crippen LogP contribution in [0.15, 0.2) is 78.5 Å². The summed E-state index contributed by atoms with van der Waals surface area (Å²) in [5.74, 6) is -0.188. The molecule has 2 fully saturated rings. The van der Waals surface area contributed by atoms with Crippen molar-refractivity contribution in [1.29, 1.82) is 0 Å². The highest BCUT2D eigenvalue weighted by Crippen LogP contribution is 2.37. The molecule has 7 nitrogen and oxygen atoms in total. The third-order valence-corrected chi connectivity index (χ3v) is 6.27. The first kappa shape index (κ1) is 22.8. The van der Waals surface area contributed by atoms with Gasteiger partial charge in [0.1, 0.15) is 5.75 Å². The summed E-state index contributed by atoms with van der Waals surface area (Å²) in [6, 6.07) is 20.6. The number of hydrogen-bond donors (Lipinski definition) is 2. The van der Waals surface area contributed by atoms with Crippen molar-refractivity contribution in [2.45, 2.75) is 31.7 Å². The van der Waals surface area contributed by atoms with Gasteiger partial charge >= 0.3 is 5.97 Å². The first-order valence-electron chi connectivity index (χ1n) is 11.9. The highest BCUT2D eigenvalue weighted by atomic mass is 16.5.